The molecule has 0 bridgehead atoms. The summed E-state index contributed by atoms with van der Waals surface area (Å²) in [4.78, 5) is 11.2. The quantitative estimate of drug-likeness (QED) is 0.332. The van der Waals surface area contributed by atoms with Crippen LogP contribution in [0.15, 0.2) is 84.0 Å². The van der Waals surface area contributed by atoms with Gasteiger partial charge in [-0.15, -0.1) is 0 Å². The van der Waals surface area contributed by atoms with E-state index in [9.17, 15) is 10.1 Å². The van der Waals surface area contributed by atoms with Crippen LogP contribution in [-0.4, -0.2) is 27.9 Å². The summed E-state index contributed by atoms with van der Waals surface area (Å²) < 4.78 is 5.27. The molecule has 0 aliphatic carbocycles. The maximum absolute atomic E-state index is 11.6. The molecule has 0 saturated carbocycles. The number of thiocarbonyl (C=S) groups is 1. The fraction of sp³-hybridized carbons (Fsp3) is 0.167. The smallest absolute Gasteiger partial charge is 0.278 e. The summed E-state index contributed by atoms with van der Waals surface area (Å²) in [5.41, 5.74) is 3.25. The lowest BCUT2D eigenvalue weighted by molar-refractivity contribution is -0.385. The summed E-state index contributed by atoms with van der Waals surface area (Å²) in [6.07, 6.45) is 0.490. The van der Waals surface area contributed by atoms with Gasteiger partial charge in [0.2, 0.25) is 0 Å². The first-order valence-electron chi connectivity index (χ1n) is 10.1. The van der Waals surface area contributed by atoms with Gasteiger partial charge >= 0.3 is 0 Å². The number of benzene rings is 3. The Morgan fingerprint density at radius 3 is 2.50 bits per heavy atom. The third-order valence-electron chi connectivity index (χ3n) is 5.32. The van der Waals surface area contributed by atoms with Crippen LogP contribution in [0.25, 0.3) is 0 Å². The van der Waals surface area contributed by atoms with Crippen LogP contribution >= 0.6 is 12.2 Å². The van der Waals surface area contributed by atoms with Crippen LogP contribution in [0, 0.1) is 10.1 Å². The van der Waals surface area contributed by atoms with Gasteiger partial charge in [-0.25, -0.2) is 5.01 Å². The highest BCUT2D eigenvalue weighted by molar-refractivity contribution is 7.80. The third kappa shape index (κ3) is 4.60. The zero-order valence-electron chi connectivity index (χ0n) is 17.5. The van der Waals surface area contributed by atoms with Gasteiger partial charge in [0, 0.05) is 19.0 Å². The van der Waals surface area contributed by atoms with Gasteiger partial charge in [-0.05, 0) is 41.5 Å². The van der Waals surface area contributed by atoms with E-state index in [1.54, 1.807) is 30.3 Å². The van der Waals surface area contributed by atoms with Crippen LogP contribution in [0.3, 0.4) is 0 Å². The molecule has 3 aromatic rings. The van der Waals surface area contributed by atoms with Crippen LogP contribution in [0.5, 0.6) is 5.75 Å². The number of ether oxygens (including phenoxy) is 1. The van der Waals surface area contributed by atoms with Crippen LogP contribution < -0.4 is 10.1 Å². The Morgan fingerprint density at radius 1 is 1.12 bits per heavy atom. The maximum Gasteiger partial charge on any atom is 0.278 e. The molecule has 0 aromatic heterocycles. The van der Waals surface area contributed by atoms with Gasteiger partial charge in [0.15, 0.2) is 5.11 Å². The molecule has 32 heavy (non-hydrogen) atoms. The molecule has 0 unspecified atom stereocenters. The van der Waals surface area contributed by atoms with Gasteiger partial charge in [-0.3, -0.25) is 10.1 Å². The summed E-state index contributed by atoms with van der Waals surface area (Å²) >= 11 is 5.68. The molecule has 0 radical (unpaired) electrons. The lowest BCUT2D eigenvalue weighted by Gasteiger charge is -2.25. The molecule has 162 valence electrons. The van der Waals surface area contributed by atoms with Crippen molar-refractivity contribution in [3.8, 4) is 5.75 Å². The summed E-state index contributed by atoms with van der Waals surface area (Å²) in [7, 11) is 1.62. The number of rotatable bonds is 6. The van der Waals surface area contributed by atoms with Gasteiger partial charge in [0.25, 0.3) is 5.69 Å². The number of nitrogens with zero attached hydrogens (tertiary/aromatic N) is 3. The van der Waals surface area contributed by atoms with E-state index in [4.69, 9.17) is 22.1 Å². The number of hydrazone groups is 1. The lowest BCUT2D eigenvalue weighted by atomic mass is 9.97. The van der Waals surface area contributed by atoms with E-state index in [0.29, 0.717) is 29.4 Å². The predicted molar refractivity (Wildman–Crippen MR) is 128 cm³/mol. The van der Waals surface area contributed by atoms with Crippen molar-refractivity contribution < 1.29 is 9.66 Å². The Kier molecular flexibility index (Phi) is 6.42. The number of methoxy groups -OCH3 is 1. The van der Waals surface area contributed by atoms with E-state index in [0.717, 1.165) is 16.9 Å². The van der Waals surface area contributed by atoms with E-state index in [2.05, 4.69) is 5.32 Å². The van der Waals surface area contributed by atoms with Crippen LogP contribution in [0.4, 0.5) is 5.69 Å². The number of para-hydroxylation sites is 1. The topological polar surface area (TPSA) is 80.0 Å². The van der Waals surface area contributed by atoms with Crippen molar-refractivity contribution in [1.29, 1.82) is 0 Å². The van der Waals surface area contributed by atoms with E-state index in [-0.39, 0.29) is 16.7 Å². The molecule has 0 saturated heterocycles. The zero-order chi connectivity index (χ0) is 22.5. The standard InChI is InChI=1S/C24H22N4O3S/c1-31-19-13-11-18(12-14-19)23-15-21(20-9-5-6-10-22(20)28(29)30)26-27(23)24(32)25-16-17-7-3-2-4-8-17/h2-14,23H,15-16H2,1H3,(H,25,32)/t23-/m1/s1. The molecular weight excluding hydrogens is 424 g/mol. The average molecular weight is 447 g/mol. The van der Waals surface area contributed by atoms with Crippen LogP contribution in [0.2, 0.25) is 0 Å². The fourth-order valence-electron chi connectivity index (χ4n) is 3.68. The molecule has 0 amide bonds. The highest BCUT2D eigenvalue weighted by atomic mass is 32.1. The highest BCUT2D eigenvalue weighted by Crippen LogP contribution is 2.35. The monoisotopic (exact) mass is 446 g/mol. The molecule has 7 nitrogen and oxygen atoms in total. The Bertz CT molecular complexity index is 1150. The van der Waals surface area contributed by atoms with Crippen molar-refractivity contribution in [2.45, 2.75) is 19.0 Å². The van der Waals surface area contributed by atoms with Crippen molar-refractivity contribution >= 4 is 28.7 Å². The van der Waals surface area contributed by atoms with Gasteiger partial charge in [0.05, 0.1) is 29.4 Å². The van der Waals surface area contributed by atoms with Crippen molar-refractivity contribution in [3.05, 3.63) is 106 Å². The average Bonchev–Trinajstić information content (AvgIpc) is 3.29. The van der Waals surface area contributed by atoms with Crippen molar-refractivity contribution in [2.24, 2.45) is 5.10 Å². The second kappa shape index (κ2) is 9.57. The van der Waals surface area contributed by atoms with E-state index >= 15 is 0 Å². The lowest BCUT2D eigenvalue weighted by Crippen LogP contribution is -2.36. The van der Waals surface area contributed by atoms with E-state index in [1.165, 1.54) is 6.07 Å². The van der Waals surface area contributed by atoms with Crippen molar-refractivity contribution in [1.82, 2.24) is 10.3 Å². The second-order valence-corrected chi connectivity index (χ2v) is 7.69. The molecule has 4 rings (SSSR count). The van der Waals surface area contributed by atoms with Gasteiger partial charge < -0.3 is 10.1 Å². The van der Waals surface area contributed by atoms with Gasteiger partial charge in [0.1, 0.15) is 5.75 Å². The molecule has 3 aromatic carbocycles. The van der Waals surface area contributed by atoms with Crippen LogP contribution in [0.1, 0.15) is 29.2 Å². The molecular formula is C24H22N4O3S. The summed E-state index contributed by atoms with van der Waals surface area (Å²) in [6, 6.07) is 24.1. The predicted octanol–water partition coefficient (Wildman–Crippen LogP) is 4.83. The largest absolute Gasteiger partial charge is 0.497 e. The molecule has 1 N–H and O–H groups in total. The second-order valence-electron chi connectivity index (χ2n) is 7.30. The first-order chi connectivity index (χ1) is 15.6. The molecule has 0 fully saturated rings. The SMILES string of the molecule is COc1ccc([C@H]2CC(c3ccccc3[N+](=O)[O-])=NN2C(=S)NCc2ccccc2)cc1. The molecule has 0 spiro atoms. The molecule has 8 heteroatoms. The number of nitrogens with one attached hydrogen (secondary N) is 1. The minimum absolute atomic E-state index is 0.0322. The number of nitro benzene ring substituents is 1. The minimum atomic E-state index is -0.380. The number of nitro groups is 1. The molecule has 1 aliphatic rings. The fourth-order valence-corrected chi connectivity index (χ4v) is 3.92. The third-order valence-corrected chi connectivity index (χ3v) is 5.65. The number of hydrogen-bond donors (Lipinski definition) is 1. The van der Waals surface area contributed by atoms with Crippen LogP contribution in [-0.2, 0) is 6.54 Å². The Balaban J connectivity index is 1.64. The van der Waals surface area contributed by atoms with Gasteiger partial charge in [-0.1, -0.05) is 54.6 Å². The molecule has 1 aliphatic heterocycles. The molecule has 1 heterocycles. The number of hydrogen-bond acceptors (Lipinski definition) is 5. The Hall–Kier alpha value is -3.78. The Labute approximate surface area is 191 Å². The molecule has 1 atom stereocenters. The summed E-state index contributed by atoms with van der Waals surface area (Å²) in [6.45, 7) is 0.557. The summed E-state index contributed by atoms with van der Waals surface area (Å²) in [5, 5.41) is 21.8. The first-order valence-corrected chi connectivity index (χ1v) is 10.5. The highest BCUT2D eigenvalue weighted by Gasteiger charge is 2.33. The van der Waals surface area contributed by atoms with E-state index in [1.807, 2.05) is 54.6 Å². The normalized spacial score (nSPS) is 15.2. The summed E-state index contributed by atoms with van der Waals surface area (Å²) in [5.74, 6) is 0.753. The van der Waals surface area contributed by atoms with Crippen molar-refractivity contribution in [2.75, 3.05) is 7.11 Å². The Morgan fingerprint density at radius 2 is 1.81 bits per heavy atom. The minimum Gasteiger partial charge on any atom is -0.497 e. The van der Waals surface area contributed by atoms with Gasteiger partial charge in [-0.2, -0.15) is 5.10 Å². The van der Waals surface area contributed by atoms with E-state index < -0.39 is 0 Å². The maximum atomic E-state index is 11.6. The zero-order valence-corrected chi connectivity index (χ0v) is 18.3. The first kappa shape index (κ1) is 21.5. The van der Waals surface area contributed by atoms with Crippen molar-refractivity contribution in [3.63, 3.8) is 0 Å².